The zero-order chi connectivity index (χ0) is 15.2. The lowest BCUT2D eigenvalue weighted by molar-refractivity contribution is -0.136. The minimum atomic E-state index is -0.788. The Morgan fingerprint density at radius 2 is 2.19 bits per heavy atom. The van der Waals surface area contributed by atoms with E-state index in [1.165, 1.54) is 5.56 Å². The highest BCUT2D eigenvalue weighted by molar-refractivity contribution is 5.68. The van der Waals surface area contributed by atoms with E-state index in [1.54, 1.807) is 11.0 Å². The van der Waals surface area contributed by atoms with Crippen molar-refractivity contribution >= 4 is 12.1 Å². The number of ether oxygens (including phenoxy) is 1. The topological polar surface area (TPSA) is 66.8 Å². The van der Waals surface area contributed by atoms with Gasteiger partial charge in [-0.1, -0.05) is 30.9 Å². The minimum absolute atomic E-state index is 0.138. The number of fused-ring (bicyclic) bond motifs is 1. The molecule has 2 rings (SSSR count). The molecule has 0 unspecified atom stereocenters. The first kappa shape index (κ1) is 15.1. The molecule has 0 fully saturated rings. The fourth-order valence-electron chi connectivity index (χ4n) is 2.39. The molecule has 0 aromatic heterocycles. The third kappa shape index (κ3) is 4.08. The number of aliphatic carboxylic acids is 1. The van der Waals surface area contributed by atoms with Crippen molar-refractivity contribution in [3.8, 4) is 0 Å². The van der Waals surface area contributed by atoms with Crippen molar-refractivity contribution in [3.05, 3.63) is 47.5 Å². The van der Waals surface area contributed by atoms with Gasteiger partial charge in [-0.25, -0.2) is 4.79 Å². The predicted octanol–water partition coefficient (Wildman–Crippen LogP) is 2.38. The number of aryl methyl sites for hydroxylation is 1. The third-order valence-corrected chi connectivity index (χ3v) is 3.49. The van der Waals surface area contributed by atoms with Crippen molar-refractivity contribution < 1.29 is 19.4 Å². The van der Waals surface area contributed by atoms with Crippen LogP contribution in [0, 0.1) is 0 Å². The lowest BCUT2D eigenvalue weighted by atomic mass is 9.96. The third-order valence-electron chi connectivity index (χ3n) is 3.49. The van der Waals surface area contributed by atoms with Crippen LogP contribution in [0.4, 0.5) is 4.79 Å². The van der Waals surface area contributed by atoms with Crippen molar-refractivity contribution in [2.45, 2.75) is 25.8 Å². The number of carboxylic acids is 1. The van der Waals surface area contributed by atoms with Gasteiger partial charge in [0.1, 0.15) is 6.61 Å². The normalized spacial score (nSPS) is 13.4. The second-order valence-electron chi connectivity index (χ2n) is 5.03. The molecule has 112 valence electrons. The molecule has 1 aliphatic heterocycles. The number of carbonyl (C=O) groups is 2. The summed E-state index contributed by atoms with van der Waals surface area (Å²) >= 11 is 0. The summed E-state index contributed by atoms with van der Waals surface area (Å²) in [6.45, 7) is 4.88. The summed E-state index contributed by atoms with van der Waals surface area (Å²) in [4.78, 5) is 24.1. The molecular formula is C16H19NO4. The number of benzene rings is 1. The van der Waals surface area contributed by atoms with Gasteiger partial charge in [-0.3, -0.25) is 4.79 Å². The molecule has 0 bridgehead atoms. The smallest absolute Gasteiger partial charge is 0.410 e. The van der Waals surface area contributed by atoms with Crippen LogP contribution < -0.4 is 0 Å². The van der Waals surface area contributed by atoms with Crippen LogP contribution in [0.25, 0.3) is 0 Å². The van der Waals surface area contributed by atoms with Gasteiger partial charge in [0.2, 0.25) is 0 Å². The number of rotatable bonds is 5. The first-order valence-corrected chi connectivity index (χ1v) is 6.95. The SMILES string of the molecule is C=CCOC(=O)N1CCc2cc(CCC(=O)O)ccc2C1. The van der Waals surface area contributed by atoms with E-state index < -0.39 is 5.97 Å². The van der Waals surface area contributed by atoms with Gasteiger partial charge < -0.3 is 14.7 Å². The second-order valence-corrected chi connectivity index (χ2v) is 5.03. The van der Waals surface area contributed by atoms with Gasteiger partial charge in [0.05, 0.1) is 0 Å². The maximum absolute atomic E-state index is 11.8. The quantitative estimate of drug-likeness (QED) is 0.845. The monoisotopic (exact) mass is 289 g/mol. The van der Waals surface area contributed by atoms with Gasteiger partial charge >= 0.3 is 12.1 Å². The largest absolute Gasteiger partial charge is 0.481 e. The second kappa shape index (κ2) is 6.92. The van der Waals surface area contributed by atoms with Crippen LogP contribution in [0.5, 0.6) is 0 Å². The Morgan fingerprint density at radius 3 is 2.90 bits per heavy atom. The number of carbonyl (C=O) groups excluding carboxylic acids is 1. The Bertz CT molecular complexity index is 553. The van der Waals surface area contributed by atoms with E-state index >= 15 is 0 Å². The molecule has 5 nitrogen and oxygen atoms in total. The van der Waals surface area contributed by atoms with E-state index in [1.807, 2.05) is 18.2 Å². The minimum Gasteiger partial charge on any atom is -0.481 e. The summed E-state index contributed by atoms with van der Waals surface area (Å²) in [6.07, 6.45) is 2.66. The number of nitrogens with zero attached hydrogens (tertiary/aromatic N) is 1. The molecule has 1 amide bonds. The molecule has 0 radical (unpaired) electrons. The van der Waals surface area contributed by atoms with Gasteiger partial charge in [0.15, 0.2) is 0 Å². The molecule has 21 heavy (non-hydrogen) atoms. The number of amides is 1. The highest BCUT2D eigenvalue weighted by Gasteiger charge is 2.21. The zero-order valence-corrected chi connectivity index (χ0v) is 11.9. The summed E-state index contributed by atoms with van der Waals surface area (Å²) < 4.78 is 5.04. The molecule has 1 aliphatic rings. The molecule has 5 heteroatoms. The maximum Gasteiger partial charge on any atom is 0.410 e. The van der Waals surface area contributed by atoms with E-state index in [4.69, 9.17) is 9.84 Å². The average Bonchev–Trinajstić information content (AvgIpc) is 2.49. The fraction of sp³-hybridized carbons (Fsp3) is 0.375. The molecular weight excluding hydrogens is 270 g/mol. The van der Waals surface area contributed by atoms with Crippen LogP contribution in [0.3, 0.4) is 0 Å². The summed E-state index contributed by atoms with van der Waals surface area (Å²) in [7, 11) is 0. The van der Waals surface area contributed by atoms with Gasteiger partial charge in [-0.2, -0.15) is 0 Å². The van der Waals surface area contributed by atoms with Crippen LogP contribution >= 0.6 is 0 Å². The van der Waals surface area contributed by atoms with Gasteiger partial charge in [-0.15, -0.1) is 0 Å². The molecule has 1 aromatic carbocycles. The van der Waals surface area contributed by atoms with Crippen LogP contribution in [0.2, 0.25) is 0 Å². The predicted molar refractivity (Wildman–Crippen MR) is 78.1 cm³/mol. The maximum atomic E-state index is 11.8. The van der Waals surface area contributed by atoms with Crippen molar-refractivity contribution in [2.24, 2.45) is 0 Å². The zero-order valence-electron chi connectivity index (χ0n) is 11.9. The standard InChI is InChI=1S/C16H19NO4/c1-2-9-21-16(20)17-8-7-13-10-12(4-6-15(18)19)3-5-14(13)11-17/h2-3,5,10H,1,4,6-9,11H2,(H,18,19). The van der Waals surface area contributed by atoms with Crippen molar-refractivity contribution in [2.75, 3.05) is 13.2 Å². The number of hydrogen-bond donors (Lipinski definition) is 1. The molecule has 1 heterocycles. The first-order chi connectivity index (χ1) is 10.1. The molecule has 0 saturated heterocycles. The van der Waals surface area contributed by atoms with Crippen LogP contribution in [-0.4, -0.2) is 35.2 Å². The number of hydrogen-bond acceptors (Lipinski definition) is 3. The Kier molecular flexibility index (Phi) is 4.98. The molecule has 0 aliphatic carbocycles. The molecule has 1 aromatic rings. The van der Waals surface area contributed by atoms with Crippen LogP contribution in [-0.2, 0) is 28.9 Å². The van der Waals surface area contributed by atoms with Crippen LogP contribution in [0.15, 0.2) is 30.9 Å². The van der Waals surface area contributed by atoms with Crippen molar-refractivity contribution in [1.82, 2.24) is 4.90 Å². The highest BCUT2D eigenvalue weighted by Crippen LogP contribution is 2.21. The fourth-order valence-corrected chi connectivity index (χ4v) is 2.39. The van der Waals surface area contributed by atoms with Gasteiger partial charge in [0.25, 0.3) is 0 Å². The van der Waals surface area contributed by atoms with E-state index in [2.05, 4.69) is 6.58 Å². The summed E-state index contributed by atoms with van der Waals surface area (Å²) in [5.74, 6) is -0.788. The Balaban J connectivity index is 2.00. The van der Waals surface area contributed by atoms with Gasteiger partial charge in [-0.05, 0) is 29.5 Å². The molecule has 0 atom stereocenters. The molecule has 0 saturated carbocycles. The van der Waals surface area contributed by atoms with E-state index in [9.17, 15) is 9.59 Å². The molecule has 0 spiro atoms. The Morgan fingerprint density at radius 1 is 1.38 bits per heavy atom. The molecule has 1 N–H and O–H groups in total. The summed E-state index contributed by atoms with van der Waals surface area (Å²) in [5, 5.41) is 8.71. The Labute approximate surface area is 123 Å². The lowest BCUT2D eigenvalue weighted by Gasteiger charge is -2.28. The van der Waals surface area contributed by atoms with Crippen molar-refractivity contribution in [3.63, 3.8) is 0 Å². The van der Waals surface area contributed by atoms with E-state index in [0.717, 1.165) is 17.5 Å². The van der Waals surface area contributed by atoms with E-state index in [-0.39, 0.29) is 19.1 Å². The average molecular weight is 289 g/mol. The lowest BCUT2D eigenvalue weighted by Crippen LogP contribution is -2.36. The Hall–Kier alpha value is -2.30. The summed E-state index contributed by atoms with van der Waals surface area (Å²) in [5.41, 5.74) is 3.31. The number of carboxylic acid groups (broad SMARTS) is 1. The van der Waals surface area contributed by atoms with E-state index in [0.29, 0.717) is 19.5 Å². The summed E-state index contributed by atoms with van der Waals surface area (Å²) in [6, 6.07) is 5.95. The van der Waals surface area contributed by atoms with Crippen molar-refractivity contribution in [1.29, 1.82) is 0 Å². The van der Waals surface area contributed by atoms with Crippen LogP contribution in [0.1, 0.15) is 23.1 Å². The first-order valence-electron chi connectivity index (χ1n) is 6.95. The highest BCUT2D eigenvalue weighted by atomic mass is 16.6. The van der Waals surface area contributed by atoms with Gasteiger partial charge in [0, 0.05) is 19.5 Å².